The molecule has 17 heavy (non-hydrogen) atoms. The number of unbranched alkanes of at least 4 members (excludes halogenated alkanes) is 1. The van der Waals surface area contributed by atoms with Gasteiger partial charge in [0.2, 0.25) is 0 Å². The van der Waals surface area contributed by atoms with Gasteiger partial charge in [0.1, 0.15) is 11.6 Å². The van der Waals surface area contributed by atoms with Crippen molar-refractivity contribution in [2.75, 3.05) is 25.1 Å². The van der Waals surface area contributed by atoms with Gasteiger partial charge in [0.15, 0.2) is 0 Å². The molecule has 96 valence electrons. The van der Waals surface area contributed by atoms with Crippen LogP contribution in [0.1, 0.15) is 19.8 Å². The molecule has 0 aliphatic rings. The number of anilines is 1. The van der Waals surface area contributed by atoms with Crippen molar-refractivity contribution >= 4 is 21.6 Å². The van der Waals surface area contributed by atoms with Gasteiger partial charge in [0.25, 0.3) is 0 Å². The number of hydrogen-bond acceptors (Lipinski definition) is 2. The SMILES string of the molecule is CCCCOCCNc1c(F)cc(F)cc1Br. The molecule has 0 spiro atoms. The van der Waals surface area contributed by atoms with E-state index >= 15 is 0 Å². The van der Waals surface area contributed by atoms with Gasteiger partial charge in [0.05, 0.1) is 12.3 Å². The van der Waals surface area contributed by atoms with E-state index in [9.17, 15) is 8.78 Å². The zero-order chi connectivity index (χ0) is 12.7. The smallest absolute Gasteiger partial charge is 0.150 e. The molecule has 0 unspecified atom stereocenters. The fraction of sp³-hybridized carbons (Fsp3) is 0.500. The van der Waals surface area contributed by atoms with Crippen LogP contribution in [0.15, 0.2) is 16.6 Å². The third kappa shape index (κ3) is 5.00. The summed E-state index contributed by atoms with van der Waals surface area (Å²) in [6.45, 7) is 3.80. The Bertz CT molecular complexity index is 337. The van der Waals surface area contributed by atoms with Crippen molar-refractivity contribution in [2.45, 2.75) is 19.8 Å². The minimum absolute atomic E-state index is 0.269. The van der Waals surface area contributed by atoms with E-state index in [0.717, 1.165) is 18.9 Å². The first-order valence-corrected chi connectivity index (χ1v) is 6.40. The van der Waals surface area contributed by atoms with Gasteiger partial charge < -0.3 is 10.1 Å². The predicted octanol–water partition coefficient (Wildman–Crippen LogP) is 3.96. The lowest BCUT2D eigenvalue weighted by atomic mass is 10.3. The van der Waals surface area contributed by atoms with Crippen LogP contribution in [0.3, 0.4) is 0 Å². The number of ether oxygens (including phenoxy) is 1. The molecule has 0 fully saturated rings. The lowest BCUT2D eigenvalue weighted by molar-refractivity contribution is 0.141. The van der Waals surface area contributed by atoms with Crippen LogP contribution in [-0.4, -0.2) is 19.8 Å². The summed E-state index contributed by atoms with van der Waals surface area (Å²) < 4.78 is 31.9. The normalized spacial score (nSPS) is 10.6. The first-order chi connectivity index (χ1) is 8.15. The zero-order valence-electron chi connectivity index (χ0n) is 9.73. The van der Waals surface area contributed by atoms with Gasteiger partial charge in [-0.3, -0.25) is 0 Å². The predicted molar refractivity (Wildman–Crippen MR) is 68.3 cm³/mol. The maximum Gasteiger partial charge on any atom is 0.150 e. The third-order valence-electron chi connectivity index (χ3n) is 2.20. The van der Waals surface area contributed by atoms with E-state index in [-0.39, 0.29) is 5.69 Å². The molecule has 0 saturated carbocycles. The molecule has 1 rings (SSSR count). The molecule has 0 aromatic heterocycles. The Balaban J connectivity index is 2.36. The summed E-state index contributed by atoms with van der Waals surface area (Å²) in [5.74, 6) is -1.20. The Morgan fingerprint density at radius 2 is 2.06 bits per heavy atom. The van der Waals surface area contributed by atoms with Crippen molar-refractivity contribution < 1.29 is 13.5 Å². The first-order valence-electron chi connectivity index (χ1n) is 5.61. The van der Waals surface area contributed by atoms with Gasteiger partial charge in [0, 0.05) is 23.7 Å². The summed E-state index contributed by atoms with van der Waals surface area (Å²) in [6.07, 6.45) is 2.11. The maximum atomic E-state index is 13.4. The van der Waals surface area contributed by atoms with E-state index in [0.29, 0.717) is 24.2 Å². The number of halogens is 3. The molecule has 0 amide bonds. The molecule has 0 saturated heterocycles. The molecule has 0 radical (unpaired) electrons. The largest absolute Gasteiger partial charge is 0.380 e. The van der Waals surface area contributed by atoms with E-state index in [1.165, 1.54) is 6.07 Å². The Hall–Kier alpha value is -0.680. The van der Waals surface area contributed by atoms with Gasteiger partial charge in [-0.05, 0) is 28.4 Å². The highest BCUT2D eigenvalue weighted by Crippen LogP contribution is 2.26. The Morgan fingerprint density at radius 3 is 2.71 bits per heavy atom. The second-order valence-electron chi connectivity index (χ2n) is 3.64. The summed E-state index contributed by atoms with van der Waals surface area (Å²) in [4.78, 5) is 0. The minimum Gasteiger partial charge on any atom is -0.380 e. The van der Waals surface area contributed by atoms with Crippen molar-refractivity contribution in [1.29, 1.82) is 0 Å². The summed E-state index contributed by atoms with van der Waals surface area (Å²) in [7, 11) is 0. The number of hydrogen-bond donors (Lipinski definition) is 1. The Morgan fingerprint density at radius 1 is 1.29 bits per heavy atom. The van der Waals surface area contributed by atoms with E-state index in [1.54, 1.807) is 0 Å². The summed E-state index contributed by atoms with van der Waals surface area (Å²) in [5, 5.41) is 2.87. The fourth-order valence-corrected chi connectivity index (χ4v) is 1.86. The number of rotatable bonds is 7. The van der Waals surface area contributed by atoms with Gasteiger partial charge in [-0.15, -0.1) is 0 Å². The van der Waals surface area contributed by atoms with Gasteiger partial charge >= 0.3 is 0 Å². The fourth-order valence-electron chi connectivity index (χ4n) is 1.31. The van der Waals surface area contributed by atoms with Crippen LogP contribution in [0.25, 0.3) is 0 Å². The lowest BCUT2D eigenvalue weighted by Crippen LogP contribution is -2.11. The van der Waals surface area contributed by atoms with Crippen LogP contribution >= 0.6 is 15.9 Å². The van der Waals surface area contributed by atoms with Crippen LogP contribution in [0.4, 0.5) is 14.5 Å². The van der Waals surface area contributed by atoms with Crippen molar-refractivity contribution in [3.8, 4) is 0 Å². The van der Waals surface area contributed by atoms with Gasteiger partial charge in [-0.25, -0.2) is 8.78 Å². The molecule has 2 nitrogen and oxygen atoms in total. The van der Waals surface area contributed by atoms with Crippen molar-refractivity contribution in [3.63, 3.8) is 0 Å². The van der Waals surface area contributed by atoms with Gasteiger partial charge in [-0.1, -0.05) is 13.3 Å². The maximum absolute atomic E-state index is 13.4. The lowest BCUT2D eigenvalue weighted by Gasteiger charge is -2.10. The number of nitrogens with one attached hydrogen (secondary N) is 1. The van der Waals surface area contributed by atoms with Crippen LogP contribution in [0, 0.1) is 11.6 Å². The summed E-state index contributed by atoms with van der Waals surface area (Å²) >= 11 is 3.11. The molecule has 1 aromatic rings. The molecule has 0 heterocycles. The average molecular weight is 308 g/mol. The molecule has 0 bridgehead atoms. The molecular formula is C12H16BrF2NO. The van der Waals surface area contributed by atoms with E-state index in [1.807, 2.05) is 0 Å². The van der Waals surface area contributed by atoms with E-state index in [2.05, 4.69) is 28.2 Å². The summed E-state index contributed by atoms with van der Waals surface area (Å²) in [6, 6.07) is 2.08. The third-order valence-corrected chi connectivity index (χ3v) is 2.82. The van der Waals surface area contributed by atoms with Crippen LogP contribution in [0.2, 0.25) is 0 Å². The second-order valence-corrected chi connectivity index (χ2v) is 4.49. The second kappa shape index (κ2) is 7.61. The molecule has 1 aromatic carbocycles. The van der Waals surface area contributed by atoms with Gasteiger partial charge in [-0.2, -0.15) is 0 Å². The molecule has 1 N–H and O–H groups in total. The highest BCUT2D eigenvalue weighted by molar-refractivity contribution is 9.10. The first kappa shape index (κ1) is 14.4. The average Bonchev–Trinajstić information content (AvgIpc) is 2.26. The van der Waals surface area contributed by atoms with Crippen LogP contribution in [0.5, 0.6) is 0 Å². The highest BCUT2D eigenvalue weighted by atomic mass is 79.9. The van der Waals surface area contributed by atoms with Crippen molar-refractivity contribution in [1.82, 2.24) is 0 Å². The summed E-state index contributed by atoms with van der Waals surface area (Å²) in [5.41, 5.74) is 0.269. The topological polar surface area (TPSA) is 21.3 Å². The molecule has 0 atom stereocenters. The zero-order valence-corrected chi connectivity index (χ0v) is 11.3. The highest BCUT2D eigenvalue weighted by Gasteiger charge is 2.08. The molecule has 5 heteroatoms. The van der Waals surface area contributed by atoms with Crippen molar-refractivity contribution in [2.24, 2.45) is 0 Å². The molecule has 0 aliphatic carbocycles. The minimum atomic E-state index is -0.606. The van der Waals surface area contributed by atoms with E-state index in [4.69, 9.17) is 4.74 Å². The Labute approximate surface area is 108 Å². The van der Waals surface area contributed by atoms with Crippen LogP contribution < -0.4 is 5.32 Å². The number of benzene rings is 1. The van der Waals surface area contributed by atoms with Crippen LogP contribution in [-0.2, 0) is 4.74 Å². The standard InChI is InChI=1S/C12H16BrF2NO/c1-2-3-5-17-6-4-16-12-10(13)7-9(14)8-11(12)15/h7-8,16H,2-6H2,1H3. The monoisotopic (exact) mass is 307 g/mol. The Kier molecular flexibility index (Phi) is 6.44. The molecular weight excluding hydrogens is 292 g/mol. The van der Waals surface area contributed by atoms with E-state index < -0.39 is 11.6 Å². The van der Waals surface area contributed by atoms with Crippen molar-refractivity contribution in [3.05, 3.63) is 28.2 Å². The molecule has 0 aliphatic heterocycles. The quantitative estimate of drug-likeness (QED) is 0.770.